The molecule has 8 nitrogen and oxygen atoms in total. The van der Waals surface area contributed by atoms with E-state index in [2.05, 4.69) is 15.2 Å². The standard InChI is InChI=1S/C18H11N3O5/c22-10-3-1-7(5-12(10)24)13-9-6-19-21-18(9)20-14-8-2-4-11(23)15(25)16(8)26-17(13)14/h1-6,22,24-25H,(H2,19,20,21). The molecule has 3 heterocycles. The summed E-state index contributed by atoms with van der Waals surface area (Å²) in [5.41, 5.74) is 2.04. The predicted molar refractivity (Wildman–Crippen MR) is 94.4 cm³/mol. The SMILES string of the molecule is O=c1ccc2c(oc3c(-c4ccc(O)c(O)c4)c4c[nH][nH]c4nc32)c1O. The third-order valence-corrected chi connectivity index (χ3v) is 4.42. The average Bonchev–Trinajstić information content (AvgIpc) is 3.23. The molecule has 0 aliphatic rings. The molecule has 5 N–H and O–H groups in total. The fourth-order valence-corrected chi connectivity index (χ4v) is 3.19. The Balaban J connectivity index is 2.01. The molecule has 3 aromatic heterocycles. The Morgan fingerprint density at radius 2 is 1.81 bits per heavy atom. The van der Waals surface area contributed by atoms with E-state index >= 15 is 0 Å². The number of pyridine rings is 1. The van der Waals surface area contributed by atoms with E-state index in [4.69, 9.17) is 4.42 Å². The minimum Gasteiger partial charge on any atom is -0.504 e. The molecule has 8 heteroatoms. The third-order valence-electron chi connectivity index (χ3n) is 4.42. The number of nitrogens with zero attached hydrogens (tertiary/aromatic N) is 1. The van der Waals surface area contributed by atoms with Crippen LogP contribution in [0.4, 0.5) is 0 Å². The monoisotopic (exact) mass is 349 g/mol. The summed E-state index contributed by atoms with van der Waals surface area (Å²) in [5.74, 6) is -0.995. The highest BCUT2D eigenvalue weighted by Crippen LogP contribution is 2.41. The van der Waals surface area contributed by atoms with Crippen molar-refractivity contribution in [3.63, 3.8) is 0 Å². The maximum Gasteiger partial charge on any atom is 0.224 e. The molecule has 0 bridgehead atoms. The smallest absolute Gasteiger partial charge is 0.224 e. The highest BCUT2D eigenvalue weighted by molar-refractivity contribution is 6.15. The van der Waals surface area contributed by atoms with E-state index in [0.29, 0.717) is 38.6 Å². The van der Waals surface area contributed by atoms with Crippen molar-refractivity contribution < 1.29 is 19.7 Å². The summed E-state index contributed by atoms with van der Waals surface area (Å²) in [6.45, 7) is 0. The van der Waals surface area contributed by atoms with Gasteiger partial charge in [-0.3, -0.25) is 9.89 Å². The van der Waals surface area contributed by atoms with Crippen LogP contribution in [0.1, 0.15) is 0 Å². The number of rotatable bonds is 1. The number of aromatic hydroxyl groups is 3. The summed E-state index contributed by atoms with van der Waals surface area (Å²) in [7, 11) is 0. The van der Waals surface area contributed by atoms with Crippen molar-refractivity contribution in [2.75, 3.05) is 0 Å². The summed E-state index contributed by atoms with van der Waals surface area (Å²) in [4.78, 5) is 16.2. The largest absolute Gasteiger partial charge is 0.504 e. The summed E-state index contributed by atoms with van der Waals surface area (Å²) < 4.78 is 5.81. The van der Waals surface area contributed by atoms with Gasteiger partial charge >= 0.3 is 0 Å². The van der Waals surface area contributed by atoms with Crippen molar-refractivity contribution in [1.82, 2.24) is 15.2 Å². The number of hydrogen-bond acceptors (Lipinski definition) is 6. The second-order valence-corrected chi connectivity index (χ2v) is 5.94. The molecule has 5 rings (SSSR count). The number of furan rings is 1. The quantitative estimate of drug-likeness (QED) is 0.295. The minimum atomic E-state index is -0.542. The summed E-state index contributed by atoms with van der Waals surface area (Å²) in [6, 6.07) is 7.21. The average molecular weight is 349 g/mol. The van der Waals surface area contributed by atoms with E-state index in [1.165, 1.54) is 18.2 Å². The first-order valence-electron chi connectivity index (χ1n) is 7.71. The summed E-state index contributed by atoms with van der Waals surface area (Å²) in [5, 5.41) is 36.5. The van der Waals surface area contributed by atoms with Crippen molar-refractivity contribution in [2.45, 2.75) is 0 Å². The van der Waals surface area contributed by atoms with Crippen molar-refractivity contribution in [3.05, 3.63) is 46.8 Å². The number of phenolic OH excluding ortho intramolecular Hbond substituents is 3. The van der Waals surface area contributed by atoms with Gasteiger partial charge in [-0.2, -0.15) is 0 Å². The van der Waals surface area contributed by atoms with Gasteiger partial charge in [-0.05, 0) is 29.8 Å². The molecule has 0 spiro atoms. The maximum atomic E-state index is 11.7. The second-order valence-electron chi connectivity index (χ2n) is 5.94. The highest BCUT2D eigenvalue weighted by atomic mass is 16.4. The molecule has 0 saturated carbocycles. The van der Waals surface area contributed by atoms with Crippen molar-refractivity contribution in [3.8, 4) is 28.4 Å². The molecular weight excluding hydrogens is 338 g/mol. The highest BCUT2D eigenvalue weighted by Gasteiger charge is 2.21. The van der Waals surface area contributed by atoms with Crippen molar-refractivity contribution in [1.29, 1.82) is 0 Å². The normalized spacial score (nSPS) is 11.7. The van der Waals surface area contributed by atoms with Crippen LogP contribution in [0.15, 0.2) is 45.7 Å². The van der Waals surface area contributed by atoms with Gasteiger partial charge in [0.2, 0.25) is 11.2 Å². The molecule has 0 atom stereocenters. The molecule has 0 saturated heterocycles. The van der Waals surface area contributed by atoms with Gasteiger partial charge < -0.3 is 24.8 Å². The van der Waals surface area contributed by atoms with Crippen LogP contribution in [-0.4, -0.2) is 30.5 Å². The molecular formula is C18H11N3O5. The zero-order valence-corrected chi connectivity index (χ0v) is 13.1. The van der Waals surface area contributed by atoms with Crippen LogP contribution in [0.3, 0.4) is 0 Å². The first-order chi connectivity index (χ1) is 12.5. The van der Waals surface area contributed by atoms with Crippen LogP contribution in [0, 0.1) is 0 Å². The topological polar surface area (TPSA) is 135 Å². The lowest BCUT2D eigenvalue weighted by atomic mass is 10.0. The molecule has 0 unspecified atom stereocenters. The summed E-state index contributed by atoms with van der Waals surface area (Å²) >= 11 is 0. The molecule has 0 aliphatic carbocycles. The predicted octanol–water partition coefficient (Wildman–Crippen LogP) is 2.93. The van der Waals surface area contributed by atoms with E-state index < -0.39 is 11.2 Å². The van der Waals surface area contributed by atoms with Crippen LogP contribution < -0.4 is 5.43 Å². The van der Waals surface area contributed by atoms with E-state index in [1.807, 2.05) is 0 Å². The van der Waals surface area contributed by atoms with Gasteiger partial charge in [0.15, 0.2) is 28.3 Å². The van der Waals surface area contributed by atoms with Gasteiger partial charge in [-0.25, -0.2) is 4.98 Å². The maximum absolute atomic E-state index is 11.7. The summed E-state index contributed by atoms with van der Waals surface area (Å²) in [6.07, 6.45) is 1.69. The number of H-pyrrole nitrogens is 2. The first kappa shape index (κ1) is 14.4. The van der Waals surface area contributed by atoms with Crippen molar-refractivity contribution >= 4 is 33.1 Å². The van der Waals surface area contributed by atoms with Crippen molar-refractivity contribution in [2.24, 2.45) is 0 Å². The zero-order valence-electron chi connectivity index (χ0n) is 13.1. The van der Waals surface area contributed by atoms with E-state index in [9.17, 15) is 20.1 Å². The number of aromatic nitrogens is 3. The fraction of sp³-hybridized carbons (Fsp3) is 0. The molecule has 2 aromatic carbocycles. The lowest BCUT2D eigenvalue weighted by Crippen LogP contribution is -1.95. The van der Waals surface area contributed by atoms with Crippen LogP contribution >= 0.6 is 0 Å². The number of aromatic amines is 2. The van der Waals surface area contributed by atoms with Gasteiger partial charge in [-0.15, -0.1) is 0 Å². The van der Waals surface area contributed by atoms with Gasteiger partial charge in [0, 0.05) is 17.1 Å². The van der Waals surface area contributed by atoms with E-state index in [0.717, 1.165) is 0 Å². The zero-order chi connectivity index (χ0) is 18.0. The Morgan fingerprint density at radius 3 is 2.62 bits per heavy atom. The van der Waals surface area contributed by atoms with E-state index in [-0.39, 0.29) is 17.1 Å². The van der Waals surface area contributed by atoms with Gasteiger partial charge in [0.05, 0.1) is 5.39 Å². The molecule has 0 radical (unpaired) electrons. The third kappa shape index (κ3) is 1.78. The van der Waals surface area contributed by atoms with E-state index in [1.54, 1.807) is 18.3 Å². The number of benzene rings is 2. The van der Waals surface area contributed by atoms with Crippen LogP contribution in [0.25, 0.3) is 44.2 Å². The lowest BCUT2D eigenvalue weighted by Gasteiger charge is -2.06. The minimum absolute atomic E-state index is 0.0564. The number of hydrogen-bond donors (Lipinski definition) is 5. The van der Waals surface area contributed by atoms with Gasteiger partial charge in [0.25, 0.3) is 0 Å². The molecule has 0 amide bonds. The Bertz CT molecular complexity index is 1390. The molecule has 5 aromatic rings. The van der Waals surface area contributed by atoms with Gasteiger partial charge in [0.1, 0.15) is 5.52 Å². The number of fused-ring (bicyclic) bond motifs is 4. The molecule has 128 valence electrons. The van der Waals surface area contributed by atoms with Crippen LogP contribution in [0.2, 0.25) is 0 Å². The Hall–Kier alpha value is -3.94. The lowest BCUT2D eigenvalue weighted by molar-refractivity contribution is 0.404. The van der Waals surface area contributed by atoms with Crippen LogP contribution in [-0.2, 0) is 0 Å². The first-order valence-corrected chi connectivity index (χ1v) is 7.71. The molecule has 0 fully saturated rings. The number of nitrogens with one attached hydrogen (secondary N) is 2. The molecule has 26 heavy (non-hydrogen) atoms. The Labute approximate surface area is 143 Å². The van der Waals surface area contributed by atoms with Crippen LogP contribution in [0.5, 0.6) is 17.2 Å². The number of phenols is 3. The van der Waals surface area contributed by atoms with Gasteiger partial charge in [-0.1, -0.05) is 6.07 Å². The second kappa shape index (κ2) is 4.79. The Morgan fingerprint density at radius 1 is 0.962 bits per heavy atom. The molecule has 0 aliphatic heterocycles. The fourth-order valence-electron chi connectivity index (χ4n) is 3.19. The Kier molecular flexibility index (Phi) is 2.65.